The molecule has 4 aliphatic rings. The number of rotatable bonds is 4. The molecule has 1 N–H and O–H groups in total. The first kappa shape index (κ1) is 23.4. The molecule has 3 aromatic rings. The summed E-state index contributed by atoms with van der Waals surface area (Å²) in [4.78, 5) is 64.1. The highest BCUT2D eigenvalue weighted by molar-refractivity contribution is 7.18. The fourth-order valence-corrected chi connectivity index (χ4v) is 7.46. The summed E-state index contributed by atoms with van der Waals surface area (Å²) in [6.07, 6.45) is 7.29. The zero-order valence-electron chi connectivity index (χ0n) is 20.7. The summed E-state index contributed by atoms with van der Waals surface area (Å²) in [6, 6.07) is 4.55. The Morgan fingerprint density at radius 3 is 2.58 bits per heavy atom. The minimum Gasteiger partial charge on any atom is -0.299 e. The lowest BCUT2D eigenvalue weighted by Crippen LogP contribution is -2.58. The summed E-state index contributed by atoms with van der Waals surface area (Å²) >= 11 is 1.83. The van der Waals surface area contributed by atoms with Crippen LogP contribution in [0.2, 0.25) is 0 Å². The lowest BCUT2D eigenvalue weighted by molar-refractivity contribution is -0.122. The highest BCUT2D eigenvalue weighted by Gasteiger charge is 2.43. The Labute approximate surface area is 222 Å². The number of thiophene rings is 1. The van der Waals surface area contributed by atoms with Gasteiger partial charge in [-0.2, -0.15) is 5.01 Å². The van der Waals surface area contributed by atoms with Gasteiger partial charge in [0.2, 0.25) is 5.91 Å². The van der Waals surface area contributed by atoms with Crippen molar-refractivity contribution in [1.29, 1.82) is 0 Å². The number of amides is 5. The van der Waals surface area contributed by atoms with E-state index in [2.05, 4.69) is 15.2 Å². The van der Waals surface area contributed by atoms with Gasteiger partial charge in [-0.05, 0) is 68.5 Å². The fraction of sp³-hybridized carbons (Fsp3) is 0.407. The molecule has 2 fully saturated rings. The van der Waals surface area contributed by atoms with E-state index in [0.717, 1.165) is 59.2 Å². The average molecular weight is 531 g/mol. The van der Waals surface area contributed by atoms with Gasteiger partial charge < -0.3 is 0 Å². The van der Waals surface area contributed by atoms with Crippen molar-refractivity contribution in [2.24, 2.45) is 0 Å². The molecule has 10 nitrogen and oxygen atoms in total. The van der Waals surface area contributed by atoms with Gasteiger partial charge in [0, 0.05) is 29.1 Å². The molecule has 0 atom stereocenters. The summed E-state index contributed by atoms with van der Waals surface area (Å²) in [5.74, 6) is -1.09. The fourth-order valence-electron chi connectivity index (χ4n) is 6.22. The molecule has 5 heterocycles. The molecule has 1 aromatic carbocycles. The van der Waals surface area contributed by atoms with Gasteiger partial charge in [0.25, 0.3) is 11.8 Å². The number of aryl methyl sites for hydroxylation is 2. The number of nitrogens with one attached hydrogen (secondary N) is 1. The molecule has 0 radical (unpaired) electrons. The van der Waals surface area contributed by atoms with E-state index in [1.54, 1.807) is 18.5 Å². The normalized spacial score (nSPS) is 20.4. The lowest BCUT2D eigenvalue weighted by Gasteiger charge is -2.32. The Morgan fingerprint density at radius 2 is 1.76 bits per heavy atom. The van der Waals surface area contributed by atoms with Crippen molar-refractivity contribution in [1.82, 2.24) is 30.2 Å². The van der Waals surface area contributed by atoms with Gasteiger partial charge >= 0.3 is 6.03 Å². The number of likely N-dealkylation sites (tertiary alicyclic amines) is 1. The van der Waals surface area contributed by atoms with Crippen molar-refractivity contribution in [3.05, 3.63) is 57.4 Å². The Balaban J connectivity index is 1.04. The first-order valence-electron chi connectivity index (χ1n) is 13.1. The number of hydrogen-bond donors (Lipinski definition) is 1. The molecule has 0 unspecified atom stereocenters. The summed E-state index contributed by atoms with van der Waals surface area (Å²) < 4.78 is 0. The van der Waals surface area contributed by atoms with Crippen LogP contribution in [0.1, 0.15) is 74.0 Å². The minimum absolute atomic E-state index is 0.00916. The predicted molar refractivity (Wildman–Crippen MR) is 138 cm³/mol. The van der Waals surface area contributed by atoms with E-state index in [1.807, 2.05) is 17.4 Å². The Kier molecular flexibility index (Phi) is 5.52. The van der Waals surface area contributed by atoms with E-state index >= 15 is 0 Å². The third-order valence-corrected chi connectivity index (χ3v) is 9.31. The first-order valence-corrected chi connectivity index (χ1v) is 13.9. The van der Waals surface area contributed by atoms with Gasteiger partial charge in [0.1, 0.15) is 11.2 Å². The van der Waals surface area contributed by atoms with Crippen LogP contribution in [0.3, 0.4) is 0 Å². The van der Waals surface area contributed by atoms with Crippen molar-refractivity contribution in [3.8, 4) is 0 Å². The number of hydrazine groups is 1. The maximum atomic E-state index is 13.1. The van der Waals surface area contributed by atoms with Crippen LogP contribution in [-0.4, -0.2) is 68.3 Å². The van der Waals surface area contributed by atoms with Crippen molar-refractivity contribution in [2.75, 3.05) is 19.6 Å². The number of piperidine rings is 1. The number of hydrogen-bond acceptors (Lipinski definition) is 8. The molecule has 0 spiro atoms. The molecule has 0 bridgehead atoms. The molecule has 0 saturated carbocycles. The molecule has 7 rings (SSSR count). The average Bonchev–Trinajstić information content (AvgIpc) is 3.57. The second kappa shape index (κ2) is 8.95. The summed E-state index contributed by atoms with van der Waals surface area (Å²) in [5.41, 5.74) is 4.20. The molecule has 1 aliphatic carbocycles. The Hall–Kier alpha value is -3.70. The Bertz CT molecular complexity index is 1530. The quantitative estimate of drug-likeness (QED) is 0.516. The van der Waals surface area contributed by atoms with Gasteiger partial charge in [-0.25, -0.2) is 19.8 Å². The van der Waals surface area contributed by atoms with Crippen molar-refractivity contribution in [2.45, 2.75) is 51.0 Å². The van der Waals surface area contributed by atoms with E-state index in [-0.39, 0.29) is 18.5 Å². The number of carbonyl (C=O) groups excluding carboxylic acids is 4. The topological polar surface area (TPSA) is 116 Å². The molecule has 2 aromatic heterocycles. The third-order valence-electron chi connectivity index (χ3n) is 8.11. The van der Waals surface area contributed by atoms with Crippen molar-refractivity contribution < 1.29 is 19.2 Å². The second-order valence-electron chi connectivity index (χ2n) is 10.4. The van der Waals surface area contributed by atoms with E-state index in [1.165, 1.54) is 27.9 Å². The molecular weight excluding hydrogens is 504 g/mol. The molecule has 3 aliphatic heterocycles. The van der Waals surface area contributed by atoms with Crippen molar-refractivity contribution >= 4 is 45.3 Å². The van der Waals surface area contributed by atoms with Crippen LogP contribution in [0.25, 0.3) is 10.2 Å². The van der Waals surface area contributed by atoms with Crippen LogP contribution in [0.5, 0.6) is 0 Å². The van der Waals surface area contributed by atoms with Gasteiger partial charge in [0.05, 0.1) is 23.4 Å². The van der Waals surface area contributed by atoms with E-state index in [0.29, 0.717) is 18.0 Å². The predicted octanol–water partition coefficient (Wildman–Crippen LogP) is 3.01. The van der Waals surface area contributed by atoms with Gasteiger partial charge in [0.15, 0.2) is 0 Å². The largest absolute Gasteiger partial charge is 0.343 e. The molecule has 38 heavy (non-hydrogen) atoms. The van der Waals surface area contributed by atoms with E-state index < -0.39 is 23.8 Å². The highest BCUT2D eigenvalue weighted by Crippen LogP contribution is 2.41. The number of carbonyl (C=O) groups is 4. The maximum Gasteiger partial charge on any atom is 0.343 e. The maximum absolute atomic E-state index is 13.1. The smallest absolute Gasteiger partial charge is 0.299 e. The molecule has 11 heteroatoms. The number of urea groups is 1. The highest BCUT2D eigenvalue weighted by atomic mass is 32.1. The molecular formula is C27H26N6O4S. The molecule has 2 saturated heterocycles. The summed E-state index contributed by atoms with van der Waals surface area (Å²) in [7, 11) is 0. The van der Waals surface area contributed by atoms with Gasteiger partial charge in [-0.3, -0.25) is 24.6 Å². The van der Waals surface area contributed by atoms with E-state index in [9.17, 15) is 19.2 Å². The van der Waals surface area contributed by atoms with Gasteiger partial charge in [-0.15, -0.1) is 11.3 Å². The van der Waals surface area contributed by atoms with E-state index in [4.69, 9.17) is 4.98 Å². The van der Waals surface area contributed by atoms with Crippen LogP contribution in [0.15, 0.2) is 24.5 Å². The van der Waals surface area contributed by atoms with Crippen LogP contribution in [0.4, 0.5) is 4.79 Å². The minimum atomic E-state index is -0.757. The zero-order chi connectivity index (χ0) is 26.0. The Morgan fingerprint density at radius 1 is 0.947 bits per heavy atom. The van der Waals surface area contributed by atoms with Crippen LogP contribution in [0, 0.1) is 0 Å². The summed E-state index contributed by atoms with van der Waals surface area (Å²) in [5, 5.41) is 5.34. The molecule has 5 amide bonds. The number of benzene rings is 1. The summed E-state index contributed by atoms with van der Waals surface area (Å²) in [6.45, 7) is 2.50. The third kappa shape index (κ3) is 3.71. The SMILES string of the molecule is O=C1CCN(N2C(=O)c3ccc(CN4CCC(c5ncnc6sc7c(c56)CCC7)CC4)cc3C2=O)C(=O)N1. The zero-order valence-corrected chi connectivity index (χ0v) is 21.6. The number of imide groups is 2. The van der Waals surface area contributed by atoms with Gasteiger partial charge in [-0.1, -0.05) is 6.07 Å². The lowest BCUT2D eigenvalue weighted by atomic mass is 9.90. The second-order valence-corrected chi connectivity index (χ2v) is 11.5. The first-order chi connectivity index (χ1) is 18.5. The number of aromatic nitrogens is 2. The van der Waals surface area contributed by atoms with Crippen molar-refractivity contribution in [3.63, 3.8) is 0 Å². The van der Waals surface area contributed by atoms with Crippen LogP contribution in [-0.2, 0) is 24.2 Å². The van der Waals surface area contributed by atoms with Crippen LogP contribution < -0.4 is 5.32 Å². The monoisotopic (exact) mass is 530 g/mol. The van der Waals surface area contributed by atoms with Crippen LogP contribution >= 0.6 is 11.3 Å². The molecule has 194 valence electrons. The number of fused-ring (bicyclic) bond motifs is 4. The number of nitrogens with zero attached hydrogens (tertiary/aromatic N) is 5. The standard InChI is InChI=1S/C27H26N6O4S/c34-21-8-11-32(27(37)30-21)33-25(35)17-5-4-15(12-19(17)26(33)36)13-31-9-6-16(7-10-31)23-22-18-2-1-3-20(18)38-24(22)29-14-28-23/h4-5,12,14,16H,1-3,6-11,13H2,(H,30,34,37).